The highest BCUT2D eigenvalue weighted by molar-refractivity contribution is 4.89. The van der Waals surface area contributed by atoms with Crippen LogP contribution in [0, 0.1) is 5.92 Å². The molecule has 2 nitrogen and oxygen atoms in total. The molecule has 1 saturated carbocycles. The Balaban J connectivity index is 1.89. The highest BCUT2D eigenvalue weighted by Crippen LogP contribution is 2.27. The normalized spacial score (nSPS) is 35.2. The first-order valence-corrected chi connectivity index (χ1v) is 3.18. The van der Waals surface area contributed by atoms with Crippen molar-refractivity contribution in [3.63, 3.8) is 0 Å². The Labute approximate surface area is 50.0 Å². The second kappa shape index (κ2) is 2.46. The molecule has 1 fully saturated rings. The number of hydrogen-bond donors (Lipinski definition) is 1. The maximum atomic E-state index is 5.53. The largest absolute Gasteiger partial charge is 0.381 e. The quantitative estimate of drug-likeness (QED) is 0.576. The van der Waals surface area contributed by atoms with Gasteiger partial charge in [0.05, 0.1) is 6.61 Å². The summed E-state index contributed by atoms with van der Waals surface area (Å²) >= 11 is 0. The van der Waals surface area contributed by atoms with E-state index in [1.807, 2.05) is 6.92 Å². The molecule has 0 aromatic carbocycles. The van der Waals surface area contributed by atoms with Crippen molar-refractivity contribution in [1.29, 1.82) is 0 Å². The van der Waals surface area contributed by atoms with E-state index < -0.39 is 0 Å². The van der Waals surface area contributed by atoms with Crippen molar-refractivity contribution in [2.75, 3.05) is 13.2 Å². The molecule has 2 N–H and O–H groups in total. The Bertz CT molecular complexity index is 74.9. The summed E-state index contributed by atoms with van der Waals surface area (Å²) < 4.78 is 5.15. The molecule has 0 aromatic rings. The fourth-order valence-corrected chi connectivity index (χ4v) is 0.732. The minimum atomic E-state index is 0.446. The van der Waals surface area contributed by atoms with Gasteiger partial charge in [0.15, 0.2) is 0 Å². The highest BCUT2D eigenvalue weighted by Gasteiger charge is 2.32. The Morgan fingerprint density at radius 1 is 1.75 bits per heavy atom. The molecule has 2 heteroatoms. The third kappa shape index (κ3) is 1.46. The smallest absolute Gasteiger partial charge is 0.0509 e. The van der Waals surface area contributed by atoms with Crippen molar-refractivity contribution in [2.24, 2.45) is 11.7 Å². The zero-order chi connectivity index (χ0) is 5.98. The average Bonchev–Trinajstić information content (AvgIpc) is 2.42. The van der Waals surface area contributed by atoms with Crippen molar-refractivity contribution in [2.45, 2.75) is 19.4 Å². The summed E-state index contributed by atoms with van der Waals surface area (Å²) in [5.41, 5.74) is 5.53. The zero-order valence-corrected chi connectivity index (χ0v) is 5.26. The topological polar surface area (TPSA) is 35.2 Å². The third-order valence-corrected chi connectivity index (χ3v) is 1.51. The summed E-state index contributed by atoms with van der Waals surface area (Å²) in [5, 5.41) is 0. The number of nitrogens with two attached hydrogens (primary N) is 1. The van der Waals surface area contributed by atoms with Gasteiger partial charge >= 0.3 is 0 Å². The minimum Gasteiger partial charge on any atom is -0.381 e. The van der Waals surface area contributed by atoms with E-state index in [1.165, 1.54) is 6.42 Å². The first kappa shape index (κ1) is 6.05. The number of rotatable bonds is 3. The first-order chi connectivity index (χ1) is 3.84. The van der Waals surface area contributed by atoms with E-state index in [1.54, 1.807) is 0 Å². The van der Waals surface area contributed by atoms with Crippen molar-refractivity contribution in [1.82, 2.24) is 0 Å². The van der Waals surface area contributed by atoms with Crippen LogP contribution in [0.15, 0.2) is 0 Å². The van der Waals surface area contributed by atoms with Gasteiger partial charge in [0.1, 0.15) is 0 Å². The van der Waals surface area contributed by atoms with Crippen LogP contribution in [0.1, 0.15) is 13.3 Å². The minimum absolute atomic E-state index is 0.446. The molecule has 0 unspecified atom stereocenters. The summed E-state index contributed by atoms with van der Waals surface area (Å²) in [5.74, 6) is 0.676. The predicted octanol–water partition coefficient (Wildman–Crippen LogP) is 0.370. The molecule has 1 aliphatic carbocycles. The lowest BCUT2D eigenvalue weighted by atomic mass is 10.4. The Kier molecular flexibility index (Phi) is 1.86. The highest BCUT2D eigenvalue weighted by atomic mass is 16.5. The van der Waals surface area contributed by atoms with Gasteiger partial charge in [-0.3, -0.25) is 0 Å². The molecule has 1 rings (SSSR count). The Morgan fingerprint density at radius 3 is 2.75 bits per heavy atom. The summed E-state index contributed by atoms with van der Waals surface area (Å²) in [6, 6.07) is 0.446. The summed E-state index contributed by atoms with van der Waals surface area (Å²) in [4.78, 5) is 0. The van der Waals surface area contributed by atoms with E-state index in [-0.39, 0.29) is 0 Å². The Hall–Kier alpha value is -0.0800. The van der Waals surface area contributed by atoms with Gasteiger partial charge in [-0.2, -0.15) is 0 Å². The van der Waals surface area contributed by atoms with Crippen LogP contribution in [0.5, 0.6) is 0 Å². The molecule has 0 radical (unpaired) electrons. The molecule has 0 heterocycles. The van der Waals surface area contributed by atoms with Gasteiger partial charge in [0, 0.05) is 12.6 Å². The molecule has 0 aliphatic heterocycles. The SMILES string of the molecule is CCOC[C@@H]1C[C@H]1N. The summed E-state index contributed by atoms with van der Waals surface area (Å²) in [6.45, 7) is 3.70. The molecule has 0 saturated heterocycles. The fraction of sp³-hybridized carbons (Fsp3) is 1.00. The summed E-state index contributed by atoms with van der Waals surface area (Å²) in [6.07, 6.45) is 1.17. The molecule has 8 heavy (non-hydrogen) atoms. The number of ether oxygens (including phenoxy) is 1. The van der Waals surface area contributed by atoms with Crippen LogP contribution in [0.2, 0.25) is 0 Å². The van der Waals surface area contributed by atoms with Gasteiger partial charge in [0.25, 0.3) is 0 Å². The first-order valence-electron chi connectivity index (χ1n) is 3.18. The van der Waals surface area contributed by atoms with Crippen molar-refractivity contribution in [3.05, 3.63) is 0 Å². The van der Waals surface area contributed by atoms with Crippen LogP contribution in [0.4, 0.5) is 0 Å². The second-order valence-electron chi connectivity index (χ2n) is 2.32. The lowest BCUT2D eigenvalue weighted by Crippen LogP contribution is -2.06. The van der Waals surface area contributed by atoms with Crippen molar-refractivity contribution < 1.29 is 4.74 Å². The van der Waals surface area contributed by atoms with Gasteiger partial charge in [0.2, 0.25) is 0 Å². The van der Waals surface area contributed by atoms with Crippen LogP contribution in [-0.2, 0) is 4.74 Å². The second-order valence-corrected chi connectivity index (χ2v) is 2.32. The van der Waals surface area contributed by atoms with Gasteiger partial charge in [-0.25, -0.2) is 0 Å². The zero-order valence-electron chi connectivity index (χ0n) is 5.26. The van der Waals surface area contributed by atoms with Crippen LogP contribution >= 0.6 is 0 Å². The average molecular weight is 115 g/mol. The lowest BCUT2D eigenvalue weighted by molar-refractivity contribution is 0.136. The molecule has 1 aliphatic rings. The monoisotopic (exact) mass is 115 g/mol. The fourth-order valence-electron chi connectivity index (χ4n) is 0.732. The third-order valence-electron chi connectivity index (χ3n) is 1.51. The van der Waals surface area contributed by atoms with E-state index in [4.69, 9.17) is 10.5 Å². The molecule has 48 valence electrons. The molecule has 0 aromatic heterocycles. The van der Waals surface area contributed by atoms with Gasteiger partial charge in [-0.05, 0) is 19.3 Å². The maximum Gasteiger partial charge on any atom is 0.0509 e. The van der Waals surface area contributed by atoms with E-state index in [9.17, 15) is 0 Å². The van der Waals surface area contributed by atoms with E-state index in [2.05, 4.69) is 0 Å². The van der Waals surface area contributed by atoms with Crippen LogP contribution < -0.4 is 5.73 Å². The van der Waals surface area contributed by atoms with Gasteiger partial charge in [-0.1, -0.05) is 0 Å². The van der Waals surface area contributed by atoms with Crippen LogP contribution in [0.3, 0.4) is 0 Å². The standard InChI is InChI=1S/C6H13NO/c1-2-8-4-5-3-6(5)7/h5-6H,2-4,7H2,1H3/t5-,6+/m0/s1. The van der Waals surface area contributed by atoms with E-state index in [0.29, 0.717) is 12.0 Å². The lowest BCUT2D eigenvalue weighted by Gasteiger charge is -1.95. The molecule has 0 spiro atoms. The van der Waals surface area contributed by atoms with E-state index in [0.717, 1.165) is 13.2 Å². The molecule has 0 amide bonds. The predicted molar refractivity (Wildman–Crippen MR) is 32.6 cm³/mol. The van der Waals surface area contributed by atoms with Crippen LogP contribution in [-0.4, -0.2) is 19.3 Å². The maximum absolute atomic E-state index is 5.53. The molecular weight excluding hydrogens is 102 g/mol. The molecule has 0 bridgehead atoms. The van der Waals surface area contributed by atoms with Crippen molar-refractivity contribution >= 4 is 0 Å². The number of hydrogen-bond acceptors (Lipinski definition) is 2. The van der Waals surface area contributed by atoms with E-state index >= 15 is 0 Å². The van der Waals surface area contributed by atoms with Crippen molar-refractivity contribution in [3.8, 4) is 0 Å². The Morgan fingerprint density at radius 2 is 2.38 bits per heavy atom. The van der Waals surface area contributed by atoms with Gasteiger partial charge in [-0.15, -0.1) is 0 Å². The molecular formula is C6H13NO. The van der Waals surface area contributed by atoms with Crippen LogP contribution in [0.25, 0.3) is 0 Å². The van der Waals surface area contributed by atoms with Gasteiger partial charge < -0.3 is 10.5 Å². The summed E-state index contributed by atoms with van der Waals surface area (Å²) in [7, 11) is 0. The molecule has 2 atom stereocenters.